The maximum absolute atomic E-state index is 14.1. The molecule has 178 valence electrons. The van der Waals surface area contributed by atoms with E-state index < -0.39 is 46.5 Å². The molecular formula is C24H29F5O3. The minimum Gasteiger partial charge on any atom is -0.343 e. The lowest BCUT2D eigenvalue weighted by atomic mass is 9.89. The molecule has 2 rings (SSSR count). The molecule has 2 aromatic rings. The van der Waals surface area contributed by atoms with Crippen molar-refractivity contribution in [2.45, 2.75) is 63.8 Å². The normalized spacial score (nSPS) is 12.9. The van der Waals surface area contributed by atoms with Crippen LogP contribution in [-0.4, -0.2) is 25.3 Å². The van der Waals surface area contributed by atoms with Gasteiger partial charge in [0.15, 0.2) is 23.3 Å². The van der Waals surface area contributed by atoms with E-state index in [-0.39, 0.29) is 5.56 Å². The molecule has 1 N–H and O–H groups in total. The van der Waals surface area contributed by atoms with Crippen LogP contribution in [0.3, 0.4) is 0 Å². The predicted molar refractivity (Wildman–Crippen MR) is 111 cm³/mol. The fourth-order valence-electron chi connectivity index (χ4n) is 3.80. The first kappa shape index (κ1) is 26.2. The summed E-state index contributed by atoms with van der Waals surface area (Å²) in [5, 5.41) is 10.8. The molecule has 2 aromatic carbocycles. The van der Waals surface area contributed by atoms with Gasteiger partial charge >= 0.3 is 0 Å². The second-order valence-corrected chi connectivity index (χ2v) is 7.71. The zero-order chi connectivity index (χ0) is 23.9. The monoisotopic (exact) mass is 460 g/mol. The smallest absolute Gasteiger partial charge is 0.287 e. The molecule has 0 aliphatic carbocycles. The molecule has 0 heterocycles. The lowest BCUT2D eigenvalue weighted by Crippen LogP contribution is -2.40. The minimum atomic E-state index is -2.20. The Bertz CT molecular complexity index is 853. The van der Waals surface area contributed by atoms with E-state index in [0.29, 0.717) is 12.0 Å². The van der Waals surface area contributed by atoms with Crippen molar-refractivity contribution in [1.82, 2.24) is 0 Å². The number of benzene rings is 2. The van der Waals surface area contributed by atoms with E-state index in [2.05, 4.69) is 6.92 Å². The van der Waals surface area contributed by atoms with Crippen LogP contribution in [-0.2, 0) is 9.47 Å². The SMILES string of the molecule is CCCCCCCCC(c1ccc(-c2c(F)c(F)c(F)c(F)c2F)cc1)C(O)(OC)OC. The maximum atomic E-state index is 14.1. The molecule has 0 saturated carbocycles. The van der Waals surface area contributed by atoms with Crippen molar-refractivity contribution < 1.29 is 36.5 Å². The van der Waals surface area contributed by atoms with Gasteiger partial charge in [0.1, 0.15) is 0 Å². The van der Waals surface area contributed by atoms with Gasteiger partial charge in [-0.1, -0.05) is 69.7 Å². The van der Waals surface area contributed by atoms with Crippen LogP contribution in [0.15, 0.2) is 24.3 Å². The summed E-state index contributed by atoms with van der Waals surface area (Å²) < 4.78 is 79.1. The van der Waals surface area contributed by atoms with Gasteiger partial charge in [0, 0.05) is 14.2 Å². The Morgan fingerprint density at radius 1 is 0.750 bits per heavy atom. The van der Waals surface area contributed by atoms with Gasteiger partial charge in [0.25, 0.3) is 5.97 Å². The summed E-state index contributed by atoms with van der Waals surface area (Å²) >= 11 is 0. The van der Waals surface area contributed by atoms with Crippen molar-refractivity contribution >= 4 is 0 Å². The zero-order valence-corrected chi connectivity index (χ0v) is 18.5. The van der Waals surface area contributed by atoms with E-state index in [4.69, 9.17) is 9.47 Å². The highest BCUT2D eigenvalue weighted by Gasteiger charge is 2.38. The highest BCUT2D eigenvalue weighted by atomic mass is 19.2. The summed E-state index contributed by atoms with van der Waals surface area (Å²) in [4.78, 5) is 0. The van der Waals surface area contributed by atoms with Gasteiger partial charge in [0.05, 0.1) is 11.5 Å². The second-order valence-electron chi connectivity index (χ2n) is 7.71. The highest BCUT2D eigenvalue weighted by molar-refractivity contribution is 5.65. The molecular weight excluding hydrogens is 431 g/mol. The van der Waals surface area contributed by atoms with Gasteiger partial charge in [-0.3, -0.25) is 0 Å². The Labute approximate surface area is 185 Å². The van der Waals surface area contributed by atoms with Crippen LogP contribution in [0.2, 0.25) is 0 Å². The lowest BCUT2D eigenvalue weighted by Gasteiger charge is -2.33. The molecule has 1 unspecified atom stereocenters. The van der Waals surface area contributed by atoms with E-state index >= 15 is 0 Å². The fraction of sp³-hybridized carbons (Fsp3) is 0.500. The average molecular weight is 460 g/mol. The average Bonchev–Trinajstić information content (AvgIpc) is 2.81. The Hall–Kier alpha value is -2.03. The summed E-state index contributed by atoms with van der Waals surface area (Å²) in [5.74, 6) is -12.6. The van der Waals surface area contributed by atoms with Crippen LogP contribution in [0.5, 0.6) is 0 Å². The van der Waals surface area contributed by atoms with Crippen molar-refractivity contribution in [2.24, 2.45) is 0 Å². The summed E-state index contributed by atoms with van der Waals surface area (Å²) in [6, 6.07) is 5.40. The molecule has 32 heavy (non-hydrogen) atoms. The van der Waals surface area contributed by atoms with Crippen molar-refractivity contribution in [3.63, 3.8) is 0 Å². The zero-order valence-electron chi connectivity index (χ0n) is 18.5. The van der Waals surface area contributed by atoms with Crippen molar-refractivity contribution in [1.29, 1.82) is 0 Å². The van der Waals surface area contributed by atoms with E-state index in [1.807, 2.05) is 0 Å². The maximum Gasteiger partial charge on any atom is 0.287 e. The van der Waals surface area contributed by atoms with Crippen molar-refractivity contribution in [3.8, 4) is 11.1 Å². The Kier molecular flexibility index (Phi) is 9.61. The summed E-state index contributed by atoms with van der Waals surface area (Å²) in [6.07, 6.45) is 6.69. The molecule has 0 aliphatic rings. The number of aliphatic hydroxyl groups is 1. The molecule has 3 nitrogen and oxygen atoms in total. The molecule has 0 amide bonds. The first-order chi connectivity index (χ1) is 15.2. The molecule has 1 atom stereocenters. The van der Waals surface area contributed by atoms with Gasteiger partial charge in [-0.2, -0.15) is 0 Å². The van der Waals surface area contributed by atoms with Crippen LogP contribution in [0.1, 0.15) is 63.4 Å². The predicted octanol–water partition coefficient (Wildman–Crippen LogP) is 6.82. The Morgan fingerprint density at radius 3 is 1.72 bits per heavy atom. The Balaban J connectivity index is 2.32. The lowest BCUT2D eigenvalue weighted by molar-refractivity contribution is -0.353. The summed E-state index contributed by atoms with van der Waals surface area (Å²) in [5.41, 5.74) is -0.648. The molecule has 0 fully saturated rings. The fourth-order valence-corrected chi connectivity index (χ4v) is 3.80. The van der Waals surface area contributed by atoms with Crippen molar-refractivity contribution in [2.75, 3.05) is 14.2 Å². The van der Waals surface area contributed by atoms with Crippen LogP contribution < -0.4 is 0 Å². The standard InChI is InChI=1S/C24H29F5O3/c1-4-5-6-7-8-9-10-17(24(30,31-2)32-3)15-11-13-16(14-12-15)18-19(25)21(27)23(29)22(28)20(18)26/h11-14,17,30H,4-10H2,1-3H3. The van der Waals surface area contributed by atoms with Gasteiger partial charge < -0.3 is 14.6 Å². The number of hydrogen-bond donors (Lipinski definition) is 1. The number of ether oxygens (including phenoxy) is 2. The molecule has 0 aromatic heterocycles. The number of rotatable bonds is 12. The van der Waals surface area contributed by atoms with Crippen LogP contribution >= 0.6 is 0 Å². The third kappa shape index (κ3) is 5.66. The molecule has 0 spiro atoms. The van der Waals surface area contributed by atoms with Gasteiger partial charge in [-0.25, -0.2) is 22.0 Å². The quantitative estimate of drug-likeness (QED) is 0.124. The molecule has 0 bridgehead atoms. The van der Waals surface area contributed by atoms with Gasteiger partial charge in [0.2, 0.25) is 5.82 Å². The van der Waals surface area contributed by atoms with E-state index in [0.717, 1.165) is 38.5 Å². The first-order valence-corrected chi connectivity index (χ1v) is 10.7. The summed E-state index contributed by atoms with van der Waals surface area (Å²) in [6.45, 7) is 2.13. The molecule has 0 radical (unpaired) electrons. The second kappa shape index (κ2) is 11.7. The molecule has 8 heteroatoms. The number of unbranched alkanes of at least 4 members (excludes halogenated alkanes) is 5. The molecule has 0 aliphatic heterocycles. The van der Waals surface area contributed by atoms with Crippen LogP contribution in [0.25, 0.3) is 11.1 Å². The minimum absolute atomic E-state index is 0.182. The van der Waals surface area contributed by atoms with E-state index in [1.165, 1.54) is 38.5 Å². The number of methoxy groups -OCH3 is 2. The number of halogens is 5. The van der Waals surface area contributed by atoms with Gasteiger partial charge in [-0.15, -0.1) is 0 Å². The van der Waals surface area contributed by atoms with Gasteiger partial charge in [-0.05, 0) is 17.5 Å². The highest BCUT2D eigenvalue weighted by Crippen LogP contribution is 2.37. The largest absolute Gasteiger partial charge is 0.343 e. The third-order valence-electron chi connectivity index (χ3n) is 5.68. The van der Waals surface area contributed by atoms with Crippen LogP contribution in [0, 0.1) is 29.1 Å². The molecule has 0 saturated heterocycles. The van der Waals surface area contributed by atoms with Crippen LogP contribution in [0.4, 0.5) is 22.0 Å². The van der Waals surface area contributed by atoms with E-state index in [9.17, 15) is 27.1 Å². The Morgan fingerprint density at radius 2 is 1.22 bits per heavy atom. The number of hydrogen-bond acceptors (Lipinski definition) is 3. The topological polar surface area (TPSA) is 38.7 Å². The summed E-state index contributed by atoms with van der Waals surface area (Å²) in [7, 11) is 2.59. The first-order valence-electron chi connectivity index (χ1n) is 10.7. The third-order valence-corrected chi connectivity index (χ3v) is 5.68. The van der Waals surface area contributed by atoms with Crippen molar-refractivity contribution in [3.05, 3.63) is 58.9 Å². The van der Waals surface area contributed by atoms with E-state index in [1.54, 1.807) is 0 Å².